The van der Waals surface area contributed by atoms with E-state index in [0.717, 1.165) is 55.9 Å². The standard InChI is InChI=1S/C19H22N3Si.C17H13N4.C16H13FN3.3Ir/c1-14-7-6-8-15(2)19(14)17-11-16(23(3,4)5)9-10-18(17)22-13-20-12-21-22;1-12-4-3-5-13(2)17(12)15-8-14(9-18)6-7-16(15)21-11-19-10-20-21;1-11-4-3-5-12(2)16(11)14-8-13(17)6-7-15(14)20-10-18-9-19-20;;;/h6-9,11-13H,1-5H3;3-6,8,10-11H,1-2H3;3-6,8-10H,1-2H3;;;/q3*-1;;;. The van der Waals surface area contributed by atoms with E-state index in [-0.39, 0.29) is 66.1 Å². The van der Waals surface area contributed by atoms with Gasteiger partial charge >= 0.3 is 0 Å². The van der Waals surface area contributed by atoms with Crippen molar-refractivity contribution in [2.45, 2.75) is 61.2 Å². The van der Waals surface area contributed by atoms with E-state index in [1.54, 1.807) is 45.4 Å². The number of aromatic nitrogens is 9. The van der Waals surface area contributed by atoms with Crippen molar-refractivity contribution in [1.29, 1.82) is 5.26 Å². The molecule has 347 valence electrons. The maximum atomic E-state index is 13.7. The summed E-state index contributed by atoms with van der Waals surface area (Å²) in [6.45, 7) is 19.6. The summed E-state index contributed by atoms with van der Waals surface area (Å²) in [5.74, 6) is -0.313. The molecule has 0 N–H and O–H groups in total. The Morgan fingerprint density at radius 3 is 1.19 bits per heavy atom. The number of hydrogen-bond acceptors (Lipinski definition) is 7. The van der Waals surface area contributed by atoms with Crippen molar-refractivity contribution in [3.8, 4) is 56.5 Å². The van der Waals surface area contributed by atoms with Crippen LogP contribution in [-0.4, -0.2) is 52.4 Å². The summed E-state index contributed by atoms with van der Waals surface area (Å²) in [4.78, 5) is 12.0. The summed E-state index contributed by atoms with van der Waals surface area (Å²) < 4.78 is 18.7. The van der Waals surface area contributed by atoms with E-state index in [2.05, 4.69) is 144 Å². The average molecular weight is 1440 g/mol. The third-order valence-electron chi connectivity index (χ3n) is 10.9. The Hall–Kier alpha value is -5.68. The van der Waals surface area contributed by atoms with Gasteiger partial charge in [-0.2, -0.15) is 56.9 Å². The number of rotatable bonds is 7. The van der Waals surface area contributed by atoms with Crippen LogP contribution in [0.4, 0.5) is 4.39 Å². The minimum atomic E-state index is -1.42. The van der Waals surface area contributed by atoms with Crippen LogP contribution in [0.2, 0.25) is 19.6 Å². The van der Waals surface area contributed by atoms with Crippen molar-refractivity contribution >= 4 is 13.3 Å². The number of aryl methyl sites for hydroxylation is 6. The van der Waals surface area contributed by atoms with Crippen LogP contribution in [0.15, 0.2) is 129 Å². The number of nitriles is 1. The zero-order chi connectivity index (χ0) is 45.5. The number of hydrogen-bond donors (Lipinski definition) is 0. The van der Waals surface area contributed by atoms with Crippen LogP contribution in [-0.2, 0) is 60.3 Å². The van der Waals surface area contributed by atoms with Crippen LogP contribution in [0, 0.1) is 76.9 Å². The first-order valence-electron chi connectivity index (χ1n) is 20.7. The summed E-state index contributed by atoms with van der Waals surface area (Å²) in [6.07, 6.45) is 9.45. The minimum absolute atomic E-state index is 0. The molecular formula is C52H48FIr3N10Si-3. The van der Waals surface area contributed by atoms with Gasteiger partial charge in [-0.3, -0.25) is 4.39 Å². The fourth-order valence-electron chi connectivity index (χ4n) is 7.77. The molecule has 0 saturated heterocycles. The zero-order valence-electron chi connectivity index (χ0n) is 38.5. The maximum absolute atomic E-state index is 13.7. The van der Waals surface area contributed by atoms with Crippen molar-refractivity contribution in [1.82, 2.24) is 44.3 Å². The van der Waals surface area contributed by atoms with Gasteiger partial charge in [-0.25, -0.2) is 34.3 Å². The Labute approximate surface area is 433 Å². The molecule has 9 rings (SSSR count). The Morgan fingerprint density at radius 2 is 0.851 bits per heavy atom. The number of nitrogens with zero attached hydrogens (tertiary/aromatic N) is 10. The number of benzene rings is 6. The molecule has 3 radical (unpaired) electrons. The molecule has 3 heterocycles. The Morgan fingerprint density at radius 1 is 0.507 bits per heavy atom. The van der Waals surface area contributed by atoms with E-state index < -0.39 is 8.07 Å². The quantitative estimate of drug-likeness (QED) is 0.115. The molecule has 9 aromatic rings. The molecule has 0 aliphatic heterocycles. The van der Waals surface area contributed by atoms with Gasteiger partial charge in [-0.15, -0.1) is 29.3 Å². The van der Waals surface area contributed by atoms with Crippen molar-refractivity contribution < 1.29 is 64.7 Å². The molecule has 67 heavy (non-hydrogen) atoms. The summed E-state index contributed by atoms with van der Waals surface area (Å²) in [5, 5.41) is 23.2. The van der Waals surface area contributed by atoms with E-state index in [4.69, 9.17) is 5.26 Å². The van der Waals surface area contributed by atoms with Gasteiger partial charge in [0, 0.05) is 80.3 Å². The van der Waals surface area contributed by atoms with Crippen molar-refractivity contribution in [3.63, 3.8) is 0 Å². The van der Waals surface area contributed by atoms with E-state index in [1.165, 1.54) is 52.2 Å². The average Bonchev–Trinajstić information content (AvgIpc) is 4.10. The van der Waals surface area contributed by atoms with Crippen LogP contribution >= 0.6 is 0 Å². The summed E-state index contributed by atoms with van der Waals surface area (Å²) in [7, 11) is -1.42. The Bertz CT molecular complexity index is 3030. The van der Waals surface area contributed by atoms with E-state index >= 15 is 0 Å². The van der Waals surface area contributed by atoms with Gasteiger partial charge in [-0.05, 0) is 58.6 Å². The molecule has 0 aliphatic rings. The van der Waals surface area contributed by atoms with E-state index in [0.29, 0.717) is 11.3 Å². The molecule has 15 heteroatoms. The molecule has 0 fully saturated rings. The molecule has 6 aromatic carbocycles. The van der Waals surface area contributed by atoms with Crippen LogP contribution in [0.5, 0.6) is 0 Å². The predicted octanol–water partition coefficient (Wildman–Crippen LogP) is 10.6. The van der Waals surface area contributed by atoms with Crippen molar-refractivity contribution in [2.24, 2.45) is 0 Å². The van der Waals surface area contributed by atoms with Gasteiger partial charge < -0.3 is 0 Å². The van der Waals surface area contributed by atoms with E-state index in [9.17, 15) is 4.39 Å². The van der Waals surface area contributed by atoms with Crippen LogP contribution in [0.25, 0.3) is 50.4 Å². The summed E-state index contributed by atoms with van der Waals surface area (Å²) in [6, 6.07) is 41.2. The third-order valence-corrected chi connectivity index (χ3v) is 12.9. The molecule has 0 bridgehead atoms. The van der Waals surface area contributed by atoms with Gasteiger partial charge in [-0.1, -0.05) is 135 Å². The smallest absolute Gasteiger partial charge is 0.138 e. The molecule has 0 unspecified atom stereocenters. The summed E-state index contributed by atoms with van der Waals surface area (Å²) >= 11 is 0. The molecule has 0 saturated carbocycles. The SMILES string of the molecule is Cc1cccc(C)c1-c1cc(C#N)c[c-]c1-n1cncn1.Cc1cccc(C)c1-c1cc(F)c[c-]c1-n1cncn1.Cc1cccc(C)c1-c1cc([Si](C)(C)C)c[c-]c1-n1cncn1.[Ir].[Ir].[Ir]. The van der Waals surface area contributed by atoms with Gasteiger partial charge in [0.05, 0.1) is 0 Å². The van der Waals surface area contributed by atoms with Crippen molar-refractivity contribution in [2.75, 3.05) is 0 Å². The molecule has 0 amide bonds. The van der Waals surface area contributed by atoms with Gasteiger partial charge in [0.25, 0.3) is 0 Å². The minimum Gasteiger partial charge on any atom is -0.284 e. The monoisotopic (exact) mass is 1440 g/mol. The first-order valence-corrected chi connectivity index (χ1v) is 24.2. The van der Waals surface area contributed by atoms with Crippen LogP contribution in [0.3, 0.4) is 0 Å². The van der Waals surface area contributed by atoms with Gasteiger partial charge in [0.2, 0.25) is 0 Å². The van der Waals surface area contributed by atoms with E-state index in [1.807, 2.05) is 44.2 Å². The topological polar surface area (TPSA) is 116 Å². The second-order valence-corrected chi connectivity index (χ2v) is 21.6. The fourth-order valence-corrected chi connectivity index (χ4v) is 8.85. The zero-order valence-corrected chi connectivity index (χ0v) is 46.7. The van der Waals surface area contributed by atoms with Crippen LogP contribution in [0.1, 0.15) is 38.9 Å². The molecular weight excluding hydrogens is 1390 g/mol. The molecule has 0 spiro atoms. The largest absolute Gasteiger partial charge is 0.284 e. The number of halogens is 1. The Balaban J connectivity index is 0.000000215. The maximum Gasteiger partial charge on any atom is 0.138 e. The second kappa shape index (κ2) is 23.9. The van der Waals surface area contributed by atoms with Gasteiger partial charge in [0.1, 0.15) is 38.0 Å². The van der Waals surface area contributed by atoms with Crippen molar-refractivity contribution in [3.05, 3.63) is 192 Å². The molecule has 3 aromatic heterocycles. The first kappa shape index (κ1) is 53.9. The second-order valence-electron chi connectivity index (χ2n) is 16.6. The fraction of sp³-hybridized carbons (Fsp3) is 0.173. The first-order chi connectivity index (χ1) is 30.7. The molecule has 0 aliphatic carbocycles. The normalized spacial score (nSPS) is 10.5. The molecule has 10 nitrogen and oxygen atoms in total. The van der Waals surface area contributed by atoms with Crippen LogP contribution < -0.4 is 5.19 Å². The Kier molecular flexibility index (Phi) is 19.2. The van der Waals surface area contributed by atoms with Gasteiger partial charge in [0.15, 0.2) is 0 Å². The molecule has 0 atom stereocenters. The predicted molar refractivity (Wildman–Crippen MR) is 253 cm³/mol. The third kappa shape index (κ3) is 12.5. The summed E-state index contributed by atoms with van der Waals surface area (Å²) in [5.41, 5.74) is 16.3.